The molecule has 0 unspecified atom stereocenters. The Hall–Kier alpha value is -1.14. The number of halogens is 4. The summed E-state index contributed by atoms with van der Waals surface area (Å²) < 4.78 is 52.9. The van der Waals surface area contributed by atoms with Crippen molar-refractivity contribution < 1.29 is 17.6 Å². The van der Waals surface area contributed by atoms with Crippen LogP contribution in [0.25, 0.3) is 0 Å². The predicted molar refractivity (Wildman–Crippen MR) is 73.5 cm³/mol. The Bertz CT molecular complexity index is 467. The standard InChI is InChI=1S/C15H20F4N2/c1-2-4-13(21-9-7-20-8-10-21)11-5-3-6-12(14(11)16)15(17,18)19/h3,5-6,13,20H,2,4,7-10H2,1H3/t13-/m0/s1. The molecule has 0 saturated carbocycles. The molecule has 0 spiro atoms. The third kappa shape index (κ3) is 3.74. The summed E-state index contributed by atoms with van der Waals surface area (Å²) >= 11 is 0. The lowest BCUT2D eigenvalue weighted by Gasteiger charge is -2.35. The third-order valence-corrected chi connectivity index (χ3v) is 3.85. The van der Waals surface area contributed by atoms with Crippen molar-refractivity contribution in [1.29, 1.82) is 0 Å². The molecule has 1 saturated heterocycles. The Labute approximate surface area is 122 Å². The van der Waals surface area contributed by atoms with E-state index in [1.54, 1.807) is 0 Å². The number of piperazine rings is 1. The number of benzene rings is 1. The lowest BCUT2D eigenvalue weighted by molar-refractivity contribution is -0.140. The first-order valence-corrected chi connectivity index (χ1v) is 7.25. The third-order valence-electron chi connectivity index (χ3n) is 3.85. The Morgan fingerprint density at radius 2 is 1.90 bits per heavy atom. The summed E-state index contributed by atoms with van der Waals surface area (Å²) in [5, 5.41) is 3.20. The van der Waals surface area contributed by atoms with Crippen LogP contribution in [0.1, 0.15) is 36.9 Å². The zero-order chi connectivity index (χ0) is 15.5. The molecule has 0 aromatic heterocycles. The van der Waals surface area contributed by atoms with Gasteiger partial charge in [0.05, 0.1) is 5.56 Å². The Morgan fingerprint density at radius 3 is 2.48 bits per heavy atom. The fourth-order valence-corrected chi connectivity index (χ4v) is 2.83. The molecule has 118 valence electrons. The van der Waals surface area contributed by atoms with Gasteiger partial charge >= 0.3 is 6.18 Å². The zero-order valence-electron chi connectivity index (χ0n) is 12.0. The lowest BCUT2D eigenvalue weighted by atomic mass is 9.97. The molecule has 0 radical (unpaired) electrons. The van der Waals surface area contributed by atoms with Gasteiger partial charge in [0.2, 0.25) is 0 Å². The maximum Gasteiger partial charge on any atom is 0.419 e. The first-order valence-electron chi connectivity index (χ1n) is 7.25. The SMILES string of the molecule is CCC[C@@H](c1cccc(C(F)(F)F)c1F)N1CCNCC1. The topological polar surface area (TPSA) is 15.3 Å². The summed E-state index contributed by atoms with van der Waals surface area (Å²) in [5.74, 6) is -1.12. The van der Waals surface area contributed by atoms with Crippen molar-refractivity contribution in [3.05, 3.63) is 35.1 Å². The molecule has 2 nitrogen and oxygen atoms in total. The molecule has 1 aliphatic rings. The Morgan fingerprint density at radius 1 is 1.24 bits per heavy atom. The molecule has 21 heavy (non-hydrogen) atoms. The van der Waals surface area contributed by atoms with Gasteiger partial charge in [-0.1, -0.05) is 25.5 Å². The minimum absolute atomic E-state index is 0.161. The number of nitrogens with zero attached hydrogens (tertiary/aromatic N) is 1. The molecule has 6 heteroatoms. The zero-order valence-corrected chi connectivity index (χ0v) is 12.0. The van der Waals surface area contributed by atoms with E-state index in [9.17, 15) is 17.6 Å². The summed E-state index contributed by atoms with van der Waals surface area (Å²) in [6.45, 7) is 4.96. The van der Waals surface area contributed by atoms with Crippen molar-refractivity contribution >= 4 is 0 Å². The van der Waals surface area contributed by atoms with Gasteiger partial charge in [-0.05, 0) is 12.5 Å². The maximum atomic E-state index is 14.3. The van der Waals surface area contributed by atoms with Crippen LogP contribution in [0.3, 0.4) is 0 Å². The van der Waals surface area contributed by atoms with Crippen molar-refractivity contribution in [3.8, 4) is 0 Å². The van der Waals surface area contributed by atoms with Gasteiger partial charge in [0.25, 0.3) is 0 Å². The average Bonchev–Trinajstić information content (AvgIpc) is 2.45. The second-order valence-electron chi connectivity index (χ2n) is 5.30. The van der Waals surface area contributed by atoms with Gasteiger partial charge in [-0.2, -0.15) is 13.2 Å². The quantitative estimate of drug-likeness (QED) is 0.855. The molecule has 1 aromatic rings. The molecule has 2 rings (SSSR count). The molecule has 1 heterocycles. The van der Waals surface area contributed by atoms with E-state index in [-0.39, 0.29) is 11.6 Å². The summed E-state index contributed by atoms with van der Waals surface area (Å²) in [6, 6.07) is 3.29. The fourth-order valence-electron chi connectivity index (χ4n) is 2.83. The monoisotopic (exact) mass is 304 g/mol. The largest absolute Gasteiger partial charge is 0.419 e. The number of nitrogens with one attached hydrogen (secondary N) is 1. The van der Waals surface area contributed by atoms with Crippen molar-refractivity contribution in [2.75, 3.05) is 26.2 Å². The predicted octanol–water partition coefficient (Wildman–Crippen LogP) is 3.59. The molecule has 1 fully saturated rings. The van der Waals surface area contributed by atoms with Gasteiger partial charge in [-0.25, -0.2) is 4.39 Å². The van der Waals surface area contributed by atoms with E-state index in [2.05, 4.69) is 10.2 Å². The molecule has 0 bridgehead atoms. The molecule has 0 aliphatic carbocycles. The van der Waals surface area contributed by atoms with E-state index >= 15 is 0 Å². The van der Waals surface area contributed by atoms with Crippen molar-refractivity contribution in [2.45, 2.75) is 32.0 Å². The summed E-state index contributed by atoms with van der Waals surface area (Å²) in [4.78, 5) is 2.07. The molecule has 1 aromatic carbocycles. The lowest BCUT2D eigenvalue weighted by Crippen LogP contribution is -2.45. The number of rotatable bonds is 4. The highest BCUT2D eigenvalue weighted by Gasteiger charge is 2.36. The van der Waals surface area contributed by atoms with E-state index in [1.165, 1.54) is 12.1 Å². The first-order chi connectivity index (χ1) is 9.95. The van der Waals surface area contributed by atoms with Crippen molar-refractivity contribution in [1.82, 2.24) is 10.2 Å². The van der Waals surface area contributed by atoms with Crippen molar-refractivity contribution in [2.24, 2.45) is 0 Å². The highest BCUT2D eigenvalue weighted by atomic mass is 19.4. The van der Waals surface area contributed by atoms with Gasteiger partial charge in [-0.3, -0.25) is 4.90 Å². The van der Waals surface area contributed by atoms with Gasteiger partial charge in [0.1, 0.15) is 5.82 Å². The van der Waals surface area contributed by atoms with Crippen molar-refractivity contribution in [3.63, 3.8) is 0 Å². The van der Waals surface area contributed by atoms with E-state index in [0.717, 1.165) is 38.7 Å². The average molecular weight is 304 g/mol. The number of hydrogen-bond acceptors (Lipinski definition) is 2. The highest BCUT2D eigenvalue weighted by molar-refractivity contribution is 5.30. The van der Waals surface area contributed by atoms with E-state index in [0.29, 0.717) is 6.42 Å². The van der Waals surface area contributed by atoms with E-state index < -0.39 is 17.6 Å². The molecule has 1 atom stereocenters. The van der Waals surface area contributed by atoms with Crippen LogP contribution < -0.4 is 5.32 Å². The van der Waals surface area contributed by atoms with Crippen LogP contribution in [0.4, 0.5) is 17.6 Å². The van der Waals surface area contributed by atoms with Crippen LogP contribution >= 0.6 is 0 Å². The maximum absolute atomic E-state index is 14.3. The van der Waals surface area contributed by atoms with E-state index in [1.807, 2.05) is 6.92 Å². The van der Waals surface area contributed by atoms with Crippen LogP contribution in [0.15, 0.2) is 18.2 Å². The number of hydrogen-bond donors (Lipinski definition) is 1. The molecular formula is C15H20F4N2. The first kappa shape index (κ1) is 16.2. The Balaban J connectivity index is 2.36. The van der Waals surface area contributed by atoms with Crippen LogP contribution in [-0.4, -0.2) is 31.1 Å². The van der Waals surface area contributed by atoms with Crippen LogP contribution in [0, 0.1) is 5.82 Å². The summed E-state index contributed by atoms with van der Waals surface area (Å²) in [7, 11) is 0. The van der Waals surface area contributed by atoms with Gasteiger partial charge in [-0.15, -0.1) is 0 Å². The second kappa shape index (κ2) is 6.75. The van der Waals surface area contributed by atoms with E-state index in [4.69, 9.17) is 0 Å². The second-order valence-corrected chi connectivity index (χ2v) is 5.30. The van der Waals surface area contributed by atoms with Crippen LogP contribution in [0.5, 0.6) is 0 Å². The molecule has 1 aliphatic heterocycles. The minimum atomic E-state index is -4.65. The fraction of sp³-hybridized carbons (Fsp3) is 0.600. The molecule has 1 N–H and O–H groups in total. The molecule has 0 amide bonds. The van der Waals surface area contributed by atoms with Gasteiger partial charge in [0.15, 0.2) is 0 Å². The smallest absolute Gasteiger partial charge is 0.314 e. The van der Waals surface area contributed by atoms with Gasteiger partial charge < -0.3 is 5.32 Å². The summed E-state index contributed by atoms with van der Waals surface area (Å²) in [5.41, 5.74) is -1.01. The molecular weight excluding hydrogens is 284 g/mol. The normalized spacial score (nSPS) is 18.7. The highest BCUT2D eigenvalue weighted by Crippen LogP contribution is 2.36. The summed E-state index contributed by atoms with van der Waals surface area (Å²) in [6.07, 6.45) is -3.21. The Kier molecular flexibility index (Phi) is 5.22. The minimum Gasteiger partial charge on any atom is -0.314 e. The number of alkyl halides is 3. The van der Waals surface area contributed by atoms with Crippen LogP contribution in [0.2, 0.25) is 0 Å². The van der Waals surface area contributed by atoms with Crippen LogP contribution in [-0.2, 0) is 6.18 Å². The van der Waals surface area contributed by atoms with Gasteiger partial charge in [0, 0.05) is 37.8 Å².